The molecule has 0 atom stereocenters. The van der Waals surface area contributed by atoms with Gasteiger partial charge in [-0.1, -0.05) is 19.9 Å². The van der Waals surface area contributed by atoms with Crippen LogP contribution in [0.15, 0.2) is 18.3 Å². The number of pyridine rings is 1. The molecule has 18 heavy (non-hydrogen) atoms. The maximum Gasteiger partial charge on any atom is 0.125 e. The predicted octanol–water partition coefficient (Wildman–Crippen LogP) is 2.70. The Morgan fingerprint density at radius 3 is 2.61 bits per heavy atom. The molecule has 0 unspecified atom stereocenters. The first-order valence-electron chi connectivity index (χ1n) is 6.56. The lowest BCUT2D eigenvalue weighted by molar-refractivity contribution is 0.0314. The highest BCUT2D eigenvalue weighted by molar-refractivity contribution is 5.34. The Hall–Kier alpha value is -1.13. The number of aromatic nitrogens is 1. The zero-order chi connectivity index (χ0) is 13.2. The monoisotopic (exact) mass is 252 g/mol. The van der Waals surface area contributed by atoms with E-state index in [9.17, 15) is 0 Å². The van der Waals surface area contributed by atoms with E-state index in [0.717, 1.165) is 24.5 Å². The highest BCUT2D eigenvalue weighted by Crippen LogP contribution is 2.05. The van der Waals surface area contributed by atoms with Crippen LogP contribution in [0.1, 0.15) is 26.3 Å². The van der Waals surface area contributed by atoms with E-state index in [-0.39, 0.29) is 0 Å². The number of hydrogen-bond acceptors (Lipinski definition) is 4. The smallest absolute Gasteiger partial charge is 0.125 e. The van der Waals surface area contributed by atoms with Gasteiger partial charge in [-0.05, 0) is 24.5 Å². The van der Waals surface area contributed by atoms with Crippen molar-refractivity contribution in [3.05, 3.63) is 23.9 Å². The zero-order valence-corrected chi connectivity index (χ0v) is 11.6. The summed E-state index contributed by atoms with van der Waals surface area (Å²) in [5.41, 5.74) is 1.08. The van der Waals surface area contributed by atoms with Crippen molar-refractivity contribution in [3.8, 4) is 0 Å². The molecule has 0 fully saturated rings. The van der Waals surface area contributed by atoms with Gasteiger partial charge in [-0.25, -0.2) is 4.98 Å². The van der Waals surface area contributed by atoms with Crippen molar-refractivity contribution in [2.45, 2.75) is 27.4 Å². The van der Waals surface area contributed by atoms with Gasteiger partial charge in [-0.15, -0.1) is 0 Å². The van der Waals surface area contributed by atoms with Gasteiger partial charge in [-0.2, -0.15) is 0 Å². The SMILES string of the molecule is CCNc1ccc(COCCOCC(C)C)cn1. The van der Waals surface area contributed by atoms with Crippen LogP contribution in [-0.2, 0) is 16.1 Å². The Morgan fingerprint density at radius 1 is 1.22 bits per heavy atom. The fourth-order valence-corrected chi connectivity index (χ4v) is 1.42. The Balaban J connectivity index is 2.11. The van der Waals surface area contributed by atoms with Gasteiger partial charge in [0.2, 0.25) is 0 Å². The van der Waals surface area contributed by atoms with Crippen molar-refractivity contribution >= 4 is 5.82 Å². The molecule has 0 saturated carbocycles. The summed E-state index contributed by atoms with van der Waals surface area (Å²) >= 11 is 0. The molecule has 0 aliphatic heterocycles. The van der Waals surface area contributed by atoms with Gasteiger partial charge in [0.25, 0.3) is 0 Å². The van der Waals surface area contributed by atoms with E-state index in [2.05, 4.69) is 31.1 Å². The van der Waals surface area contributed by atoms with Crippen LogP contribution in [0.5, 0.6) is 0 Å². The van der Waals surface area contributed by atoms with Crippen LogP contribution >= 0.6 is 0 Å². The van der Waals surface area contributed by atoms with Crippen LogP contribution in [0.2, 0.25) is 0 Å². The minimum Gasteiger partial charge on any atom is -0.379 e. The van der Waals surface area contributed by atoms with E-state index >= 15 is 0 Å². The molecule has 1 aromatic rings. The number of nitrogens with one attached hydrogen (secondary N) is 1. The van der Waals surface area contributed by atoms with Gasteiger partial charge in [0, 0.05) is 19.3 Å². The van der Waals surface area contributed by atoms with Gasteiger partial charge in [0.05, 0.1) is 19.8 Å². The molecule has 1 N–H and O–H groups in total. The van der Waals surface area contributed by atoms with E-state index in [1.54, 1.807) is 0 Å². The fourth-order valence-electron chi connectivity index (χ4n) is 1.42. The van der Waals surface area contributed by atoms with Crippen LogP contribution in [0.3, 0.4) is 0 Å². The molecule has 1 rings (SSSR count). The molecule has 0 saturated heterocycles. The lowest BCUT2D eigenvalue weighted by Gasteiger charge is -2.08. The van der Waals surface area contributed by atoms with E-state index < -0.39 is 0 Å². The van der Waals surface area contributed by atoms with Crippen LogP contribution < -0.4 is 5.32 Å². The average Bonchev–Trinajstić information content (AvgIpc) is 2.35. The third kappa shape index (κ3) is 6.57. The molecule has 0 spiro atoms. The minimum atomic E-state index is 0.577. The number of ether oxygens (including phenoxy) is 2. The van der Waals surface area contributed by atoms with Crippen LogP contribution in [-0.4, -0.2) is 31.3 Å². The van der Waals surface area contributed by atoms with E-state index in [0.29, 0.717) is 25.7 Å². The highest BCUT2D eigenvalue weighted by Gasteiger charge is 1.97. The first kappa shape index (κ1) is 14.9. The fraction of sp³-hybridized carbons (Fsp3) is 0.643. The van der Waals surface area contributed by atoms with Crippen LogP contribution in [0, 0.1) is 5.92 Å². The van der Waals surface area contributed by atoms with Crippen LogP contribution in [0.4, 0.5) is 5.82 Å². The summed E-state index contributed by atoms with van der Waals surface area (Å²) in [6.45, 7) is 9.87. The maximum atomic E-state index is 5.52. The maximum absolute atomic E-state index is 5.52. The first-order chi connectivity index (χ1) is 8.72. The van der Waals surface area contributed by atoms with E-state index in [1.807, 2.05) is 18.3 Å². The quantitative estimate of drug-likeness (QED) is 0.686. The lowest BCUT2D eigenvalue weighted by Crippen LogP contribution is -2.08. The number of nitrogens with zero attached hydrogens (tertiary/aromatic N) is 1. The second-order valence-electron chi connectivity index (χ2n) is 4.60. The first-order valence-corrected chi connectivity index (χ1v) is 6.56. The molecular weight excluding hydrogens is 228 g/mol. The number of hydrogen-bond donors (Lipinski definition) is 1. The molecule has 4 heteroatoms. The molecule has 0 bridgehead atoms. The van der Waals surface area contributed by atoms with Crippen molar-refractivity contribution < 1.29 is 9.47 Å². The highest BCUT2D eigenvalue weighted by atomic mass is 16.5. The van der Waals surface area contributed by atoms with Crippen molar-refractivity contribution in [2.24, 2.45) is 5.92 Å². The second kappa shape index (κ2) is 8.89. The van der Waals surface area contributed by atoms with Gasteiger partial charge in [0.15, 0.2) is 0 Å². The minimum absolute atomic E-state index is 0.577. The predicted molar refractivity (Wildman–Crippen MR) is 73.7 cm³/mol. The molecule has 1 heterocycles. The number of rotatable bonds is 9. The Kier molecular flexibility index (Phi) is 7.37. The summed E-state index contributed by atoms with van der Waals surface area (Å²) in [7, 11) is 0. The normalized spacial score (nSPS) is 10.9. The summed E-state index contributed by atoms with van der Waals surface area (Å²) in [5.74, 6) is 1.48. The third-order valence-corrected chi connectivity index (χ3v) is 2.27. The van der Waals surface area contributed by atoms with E-state index in [1.165, 1.54) is 0 Å². The lowest BCUT2D eigenvalue weighted by atomic mass is 10.2. The molecule has 102 valence electrons. The molecule has 1 aromatic heterocycles. The van der Waals surface area contributed by atoms with Crippen molar-refractivity contribution in [2.75, 3.05) is 31.7 Å². The van der Waals surface area contributed by atoms with Gasteiger partial charge < -0.3 is 14.8 Å². The summed E-state index contributed by atoms with van der Waals surface area (Å²) in [4.78, 5) is 4.28. The third-order valence-electron chi connectivity index (χ3n) is 2.27. The molecule has 0 radical (unpaired) electrons. The average molecular weight is 252 g/mol. The molecule has 0 aromatic carbocycles. The summed E-state index contributed by atoms with van der Waals surface area (Å²) in [6, 6.07) is 4.00. The van der Waals surface area contributed by atoms with Crippen molar-refractivity contribution in [1.29, 1.82) is 0 Å². The molecule has 0 amide bonds. The van der Waals surface area contributed by atoms with Gasteiger partial charge >= 0.3 is 0 Å². The molecule has 0 aliphatic rings. The largest absolute Gasteiger partial charge is 0.379 e. The van der Waals surface area contributed by atoms with Crippen molar-refractivity contribution in [1.82, 2.24) is 4.98 Å². The standard InChI is InChI=1S/C14H24N2O2/c1-4-15-14-6-5-13(9-16-14)11-18-8-7-17-10-12(2)3/h5-6,9,12H,4,7-8,10-11H2,1-3H3,(H,15,16). The second-order valence-corrected chi connectivity index (χ2v) is 4.60. The Labute approximate surface area is 110 Å². The van der Waals surface area contributed by atoms with Gasteiger partial charge in [-0.3, -0.25) is 0 Å². The summed E-state index contributed by atoms with van der Waals surface area (Å²) < 4.78 is 10.9. The molecular formula is C14H24N2O2. The molecule has 0 aliphatic carbocycles. The van der Waals surface area contributed by atoms with E-state index in [4.69, 9.17) is 9.47 Å². The summed E-state index contributed by atoms with van der Waals surface area (Å²) in [5, 5.41) is 3.16. The topological polar surface area (TPSA) is 43.4 Å². The zero-order valence-electron chi connectivity index (χ0n) is 11.6. The van der Waals surface area contributed by atoms with Crippen LogP contribution in [0.25, 0.3) is 0 Å². The Bertz CT molecular complexity index is 312. The summed E-state index contributed by atoms with van der Waals surface area (Å²) in [6.07, 6.45) is 1.84. The van der Waals surface area contributed by atoms with Crippen molar-refractivity contribution in [3.63, 3.8) is 0 Å². The van der Waals surface area contributed by atoms with Gasteiger partial charge in [0.1, 0.15) is 5.82 Å². The number of anilines is 1. The molecule has 4 nitrogen and oxygen atoms in total. The Morgan fingerprint density at radius 2 is 2.00 bits per heavy atom.